The van der Waals surface area contributed by atoms with Crippen LogP contribution in [0.15, 0.2) is 39.8 Å². The monoisotopic (exact) mass is 624 g/mol. The molecule has 0 spiro atoms. The summed E-state index contributed by atoms with van der Waals surface area (Å²) in [6.07, 6.45) is 0.793. The van der Waals surface area contributed by atoms with Crippen LogP contribution >= 0.6 is 11.3 Å². The van der Waals surface area contributed by atoms with E-state index in [4.69, 9.17) is 36.7 Å². The quantitative estimate of drug-likeness (QED) is 0.0435. The molecule has 0 bridgehead atoms. The predicted molar refractivity (Wildman–Crippen MR) is 154 cm³/mol. The predicted octanol–water partition coefficient (Wildman–Crippen LogP) is 0.877. The highest BCUT2D eigenvalue weighted by Crippen LogP contribution is 2.40. The van der Waals surface area contributed by atoms with Crippen molar-refractivity contribution in [3.05, 3.63) is 40.9 Å². The number of thiazole rings is 1. The minimum atomic E-state index is -4.93. The van der Waals surface area contributed by atoms with Gasteiger partial charge in [0.15, 0.2) is 29.2 Å². The summed E-state index contributed by atoms with van der Waals surface area (Å²) in [7, 11) is -4.93. The molecule has 0 aliphatic carbocycles. The zero-order valence-corrected chi connectivity index (χ0v) is 24.5. The van der Waals surface area contributed by atoms with Gasteiger partial charge in [0, 0.05) is 24.1 Å². The minimum Gasteiger partial charge on any atom is -0.490 e. The van der Waals surface area contributed by atoms with Crippen molar-refractivity contribution in [1.82, 2.24) is 10.0 Å². The molecular weight excluding hydrogens is 592 g/mol. The van der Waals surface area contributed by atoms with Gasteiger partial charge in [-0.3, -0.25) is 19.1 Å². The molecule has 8 N–H and O–H groups in total. The Morgan fingerprint density at radius 3 is 2.50 bits per heavy atom. The van der Waals surface area contributed by atoms with E-state index >= 15 is 0 Å². The number of hydroxylamine groups is 2. The van der Waals surface area contributed by atoms with E-state index in [1.54, 1.807) is 24.3 Å². The van der Waals surface area contributed by atoms with E-state index < -0.39 is 33.5 Å². The molecule has 1 atom stereocenters. The first kappa shape index (κ1) is 32.4. The number of nitrogens with one attached hydrogen (secondary N) is 1. The van der Waals surface area contributed by atoms with Gasteiger partial charge in [0.05, 0.1) is 11.5 Å². The first-order valence-electron chi connectivity index (χ1n) is 12.5. The second-order valence-electron chi connectivity index (χ2n) is 9.57. The number of aliphatic imine (C=N–C) groups is 1. The normalized spacial score (nSPS) is 16.5. The van der Waals surface area contributed by atoms with Crippen LogP contribution in [0.2, 0.25) is 0 Å². The molecule has 16 nitrogen and oxygen atoms in total. The molecule has 2 aromatic rings. The Labute approximate surface area is 245 Å². The van der Waals surface area contributed by atoms with E-state index in [0.717, 1.165) is 16.9 Å². The van der Waals surface area contributed by atoms with Crippen molar-refractivity contribution in [3.63, 3.8) is 0 Å². The summed E-state index contributed by atoms with van der Waals surface area (Å²) < 4.78 is 41.0. The number of amides is 1. The van der Waals surface area contributed by atoms with E-state index in [-0.39, 0.29) is 42.1 Å². The number of carbonyl (C=O) groups excluding carboxylic acids is 2. The summed E-state index contributed by atoms with van der Waals surface area (Å²) in [4.78, 5) is 38.9. The number of nitrogens with two attached hydrogens (primary N) is 3. The van der Waals surface area contributed by atoms with Gasteiger partial charge in [0.1, 0.15) is 18.1 Å². The smallest absolute Gasteiger partial charge is 0.418 e. The first-order chi connectivity index (χ1) is 19.7. The Kier molecular flexibility index (Phi) is 10.6. The lowest BCUT2D eigenvalue weighted by Crippen LogP contribution is -2.68. The number of ketones is 1. The summed E-state index contributed by atoms with van der Waals surface area (Å²) in [6, 6.07) is 6.93. The van der Waals surface area contributed by atoms with Gasteiger partial charge in [-0.05, 0) is 56.5 Å². The lowest BCUT2D eigenvalue weighted by molar-refractivity contribution is -0.228. The van der Waals surface area contributed by atoms with Crippen LogP contribution in [0.1, 0.15) is 44.4 Å². The number of hydrogen-bond acceptors (Lipinski definition) is 13. The van der Waals surface area contributed by atoms with Gasteiger partial charge in [-0.1, -0.05) is 5.16 Å². The van der Waals surface area contributed by atoms with E-state index in [9.17, 15) is 18.0 Å². The highest BCUT2D eigenvalue weighted by atomic mass is 32.3. The molecule has 1 aromatic carbocycles. The molecule has 0 saturated carbocycles. The second kappa shape index (κ2) is 13.7. The maximum atomic E-state index is 13.1. The van der Waals surface area contributed by atoms with E-state index in [1.165, 1.54) is 19.2 Å². The van der Waals surface area contributed by atoms with Gasteiger partial charge in [0.25, 0.3) is 5.91 Å². The summed E-state index contributed by atoms with van der Waals surface area (Å²) in [5, 5.41) is 14.3. The maximum absolute atomic E-state index is 13.1. The van der Waals surface area contributed by atoms with Crippen LogP contribution in [-0.4, -0.2) is 77.4 Å². The minimum absolute atomic E-state index is 0.0191. The number of benzene rings is 1. The number of rotatable bonds is 16. The van der Waals surface area contributed by atoms with Gasteiger partial charge in [-0.15, -0.1) is 15.6 Å². The lowest BCUT2D eigenvalue weighted by atomic mass is 9.74. The summed E-state index contributed by atoms with van der Waals surface area (Å²) in [5.74, 6) is -1.81. The van der Waals surface area contributed by atoms with Crippen LogP contribution in [0, 0.1) is 11.3 Å². The fourth-order valence-corrected chi connectivity index (χ4v) is 4.96. The zero-order chi connectivity index (χ0) is 31.1. The molecule has 42 heavy (non-hydrogen) atoms. The average Bonchev–Trinajstić information content (AvgIpc) is 3.35. The highest BCUT2D eigenvalue weighted by molar-refractivity contribution is 7.80. The highest BCUT2D eigenvalue weighted by Gasteiger charge is 2.57. The molecule has 3 rings (SSSR count). The second-order valence-corrected chi connectivity index (χ2v) is 11.5. The van der Waals surface area contributed by atoms with E-state index in [2.05, 4.69) is 19.4 Å². The number of nitrogen functional groups attached to an aromatic ring is 1. The third-order valence-electron chi connectivity index (χ3n) is 6.14. The molecule has 0 radical (unpaired) electrons. The Bertz CT molecular complexity index is 1470. The van der Waals surface area contributed by atoms with Crippen LogP contribution < -0.4 is 21.9 Å². The molecule has 1 fully saturated rings. The molecule has 0 unspecified atom stereocenters. The van der Waals surface area contributed by atoms with Crippen LogP contribution in [-0.2, 0) is 29.1 Å². The number of anilines is 1. The number of Topliss-reactive ketones (excluding diaryl/α,β-unsaturated/α-hetero) is 1. The Morgan fingerprint density at radius 1 is 1.24 bits per heavy atom. The standard InChI is InChI=1S/C24H32N8O8S2/c1-24(2)16(21(34)32(24)40-42(35,36)37)12-19(33)20(18-13-41-23(28)30-18)31-39-11-10-38-15-7-5-14(6-8-15)17(25)4-3-9-29-22(26)27/h5-8,13,16,25H,3-4,9-12H2,1-2H3,(H2,28,30)(H4,26,27,29)(H,35,36,37)/b25-17?,31-20-/t16-/m1/s1. The largest absolute Gasteiger partial charge is 0.490 e. The number of aromatic nitrogens is 1. The van der Waals surface area contributed by atoms with Gasteiger partial charge in [-0.2, -0.15) is 13.5 Å². The topological polar surface area (TPSA) is 259 Å². The fourth-order valence-electron chi connectivity index (χ4n) is 3.95. The van der Waals surface area contributed by atoms with Crippen LogP contribution in [0.5, 0.6) is 5.75 Å². The van der Waals surface area contributed by atoms with E-state index in [1.807, 2.05) is 0 Å². The lowest BCUT2D eigenvalue weighted by Gasteiger charge is -2.50. The molecule has 228 valence electrons. The number of ether oxygens (including phenoxy) is 1. The SMILES string of the molecule is CC1(C)[C@H](CC(=O)/C(=N\OCCOc2ccc(C(=N)CCCN=C(N)N)cc2)c2csc(N)n2)C(=O)N1OS(=O)(=O)O. The van der Waals surface area contributed by atoms with Crippen molar-refractivity contribution < 1.29 is 36.4 Å². The molecule has 1 amide bonds. The van der Waals surface area contributed by atoms with Crippen molar-refractivity contribution in [1.29, 1.82) is 5.41 Å². The van der Waals surface area contributed by atoms with Crippen molar-refractivity contribution in [2.24, 2.45) is 27.5 Å². The average molecular weight is 625 g/mol. The Balaban J connectivity index is 1.55. The summed E-state index contributed by atoms with van der Waals surface area (Å²) in [6.45, 7) is 3.44. The third kappa shape index (κ3) is 8.68. The van der Waals surface area contributed by atoms with Gasteiger partial charge >= 0.3 is 10.4 Å². The third-order valence-corrected chi connectivity index (χ3v) is 7.15. The number of guanidine groups is 1. The van der Waals surface area contributed by atoms with Crippen LogP contribution in [0.25, 0.3) is 0 Å². The van der Waals surface area contributed by atoms with Crippen LogP contribution in [0.3, 0.4) is 0 Å². The first-order valence-corrected chi connectivity index (χ1v) is 14.7. The fraction of sp³-hybridized carbons (Fsp3) is 0.417. The molecule has 1 aliphatic heterocycles. The molecular formula is C24H32N8O8S2. The number of β-lactam (4-membered cyclic amide) rings is 1. The Morgan fingerprint density at radius 2 is 1.93 bits per heavy atom. The maximum Gasteiger partial charge on any atom is 0.418 e. The number of nitrogens with zero attached hydrogens (tertiary/aromatic N) is 4. The van der Waals surface area contributed by atoms with Gasteiger partial charge in [-0.25, -0.2) is 4.98 Å². The van der Waals surface area contributed by atoms with Crippen LogP contribution in [0.4, 0.5) is 5.13 Å². The number of carbonyl (C=O) groups is 2. The summed E-state index contributed by atoms with van der Waals surface area (Å²) in [5.41, 5.74) is 16.2. The molecule has 2 heterocycles. The van der Waals surface area contributed by atoms with Crippen molar-refractivity contribution in [2.75, 3.05) is 25.5 Å². The van der Waals surface area contributed by atoms with Gasteiger partial charge in [0.2, 0.25) is 0 Å². The summed E-state index contributed by atoms with van der Waals surface area (Å²) >= 11 is 1.08. The molecule has 1 saturated heterocycles. The molecule has 1 aliphatic rings. The molecule has 1 aromatic heterocycles. The van der Waals surface area contributed by atoms with E-state index in [0.29, 0.717) is 35.9 Å². The number of hydrogen-bond donors (Lipinski definition) is 5. The van der Waals surface area contributed by atoms with Crippen molar-refractivity contribution in [3.8, 4) is 5.75 Å². The zero-order valence-electron chi connectivity index (χ0n) is 22.8. The molecule has 18 heteroatoms. The van der Waals surface area contributed by atoms with Gasteiger partial charge < -0.3 is 32.2 Å². The number of oxime groups is 1. The Hall–Kier alpha value is -4.13. The van der Waals surface area contributed by atoms with Crippen molar-refractivity contribution in [2.45, 2.75) is 38.6 Å². The van der Waals surface area contributed by atoms with Crippen molar-refractivity contribution >= 4 is 55.9 Å².